The van der Waals surface area contributed by atoms with Gasteiger partial charge in [0.25, 0.3) is 0 Å². The Bertz CT molecular complexity index is 1160. The van der Waals surface area contributed by atoms with Crippen LogP contribution >= 0.6 is 0 Å². The first-order chi connectivity index (χ1) is 19.2. The van der Waals surface area contributed by atoms with Gasteiger partial charge < -0.3 is 14.8 Å². The molecule has 0 aromatic rings. The number of hydrogen-bond donors (Lipinski definition) is 1. The van der Waals surface area contributed by atoms with Crippen LogP contribution in [0.1, 0.15) is 113 Å². The fourth-order valence-electron chi connectivity index (χ4n) is 11.9. The first kappa shape index (κ1) is 30.3. The van der Waals surface area contributed by atoms with Gasteiger partial charge in [0, 0.05) is 24.7 Å². The van der Waals surface area contributed by atoms with Crippen molar-refractivity contribution in [2.75, 3.05) is 6.61 Å². The zero-order valence-electron chi connectivity index (χ0n) is 26.4. The molecule has 7 nitrogen and oxygen atoms in total. The molecule has 5 aliphatic rings. The van der Waals surface area contributed by atoms with Crippen LogP contribution in [0.4, 0.5) is 0 Å². The second kappa shape index (κ2) is 10.2. The van der Waals surface area contributed by atoms with Gasteiger partial charge >= 0.3 is 11.9 Å². The molecule has 5 rings (SSSR count). The lowest BCUT2D eigenvalue weighted by Gasteiger charge is -2.72. The van der Waals surface area contributed by atoms with Gasteiger partial charge in [0.15, 0.2) is 0 Å². The molecule has 10 atom stereocenters. The average Bonchev–Trinajstić information content (AvgIpc) is 3.27. The lowest BCUT2D eigenvalue weighted by Crippen LogP contribution is -2.67. The molecule has 1 unspecified atom stereocenters. The summed E-state index contributed by atoms with van der Waals surface area (Å²) in [6, 6.07) is 0. The second-order valence-electron chi connectivity index (χ2n) is 15.5. The molecule has 0 aromatic carbocycles. The van der Waals surface area contributed by atoms with Crippen molar-refractivity contribution in [1.29, 1.82) is 0 Å². The van der Waals surface area contributed by atoms with Crippen LogP contribution in [0, 0.1) is 56.7 Å². The fourth-order valence-corrected chi connectivity index (χ4v) is 11.9. The van der Waals surface area contributed by atoms with Gasteiger partial charge in [-0.3, -0.25) is 4.79 Å². The SMILES string of the molecule is C=C(C)[C@@H]1CC[C@]2(/C=N/O)CC[C@]3(C)[C@H](CC[C@@H]4[C@@]5(C)CCC(=NOC(C)=O)C(C)(COC(C)=O)[C@@H]5CC[C@]43C)[C@@H]12. The molecule has 7 heteroatoms. The van der Waals surface area contributed by atoms with Crippen LogP contribution in [0.25, 0.3) is 0 Å². The van der Waals surface area contributed by atoms with Gasteiger partial charge in [-0.15, -0.1) is 5.16 Å². The number of fused-ring (bicyclic) bond motifs is 7. The molecule has 0 saturated heterocycles. The summed E-state index contributed by atoms with van der Waals surface area (Å²) in [4.78, 5) is 28.8. The van der Waals surface area contributed by atoms with E-state index in [2.05, 4.69) is 51.5 Å². The number of esters is 1. The Morgan fingerprint density at radius 1 is 0.927 bits per heavy atom. The van der Waals surface area contributed by atoms with Crippen molar-refractivity contribution in [2.45, 2.75) is 113 Å². The van der Waals surface area contributed by atoms with Crippen LogP contribution in [-0.4, -0.2) is 35.7 Å². The Kier molecular flexibility index (Phi) is 7.55. The van der Waals surface area contributed by atoms with Crippen molar-refractivity contribution in [3.8, 4) is 0 Å². The van der Waals surface area contributed by atoms with Gasteiger partial charge in [-0.05, 0) is 117 Å². The molecule has 0 aromatic heterocycles. The summed E-state index contributed by atoms with van der Waals surface area (Å²) in [7, 11) is 0. The molecule has 0 bridgehead atoms. The molecule has 0 heterocycles. The molecule has 0 aliphatic heterocycles. The van der Waals surface area contributed by atoms with Gasteiger partial charge in [-0.1, -0.05) is 45.0 Å². The Morgan fingerprint density at radius 3 is 2.29 bits per heavy atom. The van der Waals surface area contributed by atoms with E-state index in [0.29, 0.717) is 23.7 Å². The van der Waals surface area contributed by atoms with Gasteiger partial charge in [0.05, 0.1) is 11.9 Å². The smallest absolute Gasteiger partial charge is 0.331 e. The molecule has 0 radical (unpaired) electrons. The number of rotatable bonds is 5. The van der Waals surface area contributed by atoms with E-state index in [9.17, 15) is 14.8 Å². The largest absolute Gasteiger partial charge is 0.465 e. The van der Waals surface area contributed by atoms with Crippen molar-refractivity contribution in [2.24, 2.45) is 67.0 Å². The zero-order valence-corrected chi connectivity index (χ0v) is 26.4. The highest BCUT2D eigenvalue weighted by molar-refractivity contribution is 5.91. The van der Waals surface area contributed by atoms with E-state index in [1.807, 2.05) is 6.21 Å². The molecular formula is C34H52N2O5. The van der Waals surface area contributed by atoms with Crippen molar-refractivity contribution < 1.29 is 24.4 Å². The lowest BCUT2D eigenvalue weighted by atomic mass is 9.32. The average molecular weight is 569 g/mol. The predicted molar refractivity (Wildman–Crippen MR) is 159 cm³/mol. The number of hydrogen-bond acceptors (Lipinski definition) is 7. The zero-order chi connectivity index (χ0) is 30.0. The maximum atomic E-state index is 12.0. The lowest BCUT2D eigenvalue weighted by molar-refractivity contribution is -0.225. The standard InChI is InChI=1S/C34H52N2O5/c1-21(2)24-11-16-34(19-35-39)18-17-32(7)25(29(24)34)9-10-27-30(5)14-13-28(36-41-23(4)38)31(6,20-40-22(3)37)26(30)12-15-33(27,32)8/h19,24-27,29,39H,1,9-18,20H2,2-8H3/b35-19+,36-28?/t24-,25+,26+,27+,29+,30-,31?,32+,33+,34+/m0/s1. The molecule has 1 N–H and O–H groups in total. The number of allylic oxidation sites excluding steroid dienone is 1. The summed E-state index contributed by atoms with van der Waals surface area (Å²) in [5.41, 5.74) is 2.02. The molecule has 5 aliphatic carbocycles. The van der Waals surface area contributed by atoms with E-state index in [1.54, 1.807) is 0 Å². The third-order valence-corrected chi connectivity index (χ3v) is 13.9. The van der Waals surface area contributed by atoms with Crippen molar-refractivity contribution in [3.05, 3.63) is 12.2 Å². The molecule has 0 amide bonds. The van der Waals surface area contributed by atoms with E-state index in [-0.39, 0.29) is 40.2 Å². The molecule has 41 heavy (non-hydrogen) atoms. The van der Waals surface area contributed by atoms with E-state index in [4.69, 9.17) is 9.57 Å². The van der Waals surface area contributed by atoms with Gasteiger partial charge in [-0.2, -0.15) is 0 Å². The van der Waals surface area contributed by atoms with Crippen LogP contribution in [0.2, 0.25) is 0 Å². The Morgan fingerprint density at radius 2 is 1.66 bits per heavy atom. The van der Waals surface area contributed by atoms with Crippen LogP contribution < -0.4 is 0 Å². The monoisotopic (exact) mass is 568 g/mol. The quantitative estimate of drug-likeness (QED) is 0.0921. The minimum atomic E-state index is -0.483. The number of nitrogens with zero attached hydrogens (tertiary/aromatic N) is 2. The number of carbonyl (C=O) groups is 2. The van der Waals surface area contributed by atoms with E-state index >= 15 is 0 Å². The summed E-state index contributed by atoms with van der Waals surface area (Å²) in [5, 5.41) is 17.8. The number of ether oxygens (including phenoxy) is 1. The van der Waals surface area contributed by atoms with Crippen LogP contribution in [0.15, 0.2) is 22.5 Å². The summed E-state index contributed by atoms with van der Waals surface area (Å²) in [6.45, 7) is 19.6. The molecule has 5 saturated carbocycles. The van der Waals surface area contributed by atoms with Crippen molar-refractivity contribution in [3.63, 3.8) is 0 Å². The molecule has 5 fully saturated rings. The number of carbonyl (C=O) groups excluding carboxylic acids is 2. The Balaban J connectivity index is 1.53. The summed E-state index contributed by atoms with van der Waals surface area (Å²) < 4.78 is 5.70. The Hall–Kier alpha value is -2.18. The van der Waals surface area contributed by atoms with Gasteiger partial charge in [0.1, 0.15) is 6.61 Å². The fraction of sp³-hybridized carbons (Fsp3) is 0.824. The highest BCUT2D eigenvalue weighted by Crippen LogP contribution is 2.77. The highest BCUT2D eigenvalue weighted by atomic mass is 16.7. The van der Waals surface area contributed by atoms with E-state index in [0.717, 1.165) is 57.1 Å². The molecule has 228 valence electrons. The maximum Gasteiger partial charge on any atom is 0.331 e. The molecule has 0 spiro atoms. The summed E-state index contributed by atoms with van der Waals surface area (Å²) in [6.07, 6.45) is 12.6. The van der Waals surface area contributed by atoms with E-state index in [1.165, 1.54) is 32.3 Å². The first-order valence-corrected chi connectivity index (χ1v) is 15.9. The summed E-state index contributed by atoms with van der Waals surface area (Å²) in [5.74, 6) is 1.60. The third kappa shape index (κ3) is 4.33. The highest BCUT2D eigenvalue weighted by Gasteiger charge is 2.71. The third-order valence-electron chi connectivity index (χ3n) is 13.9. The maximum absolute atomic E-state index is 12.0. The normalized spacial score (nSPS) is 48.1. The second-order valence-corrected chi connectivity index (χ2v) is 15.5. The van der Waals surface area contributed by atoms with Gasteiger partial charge in [-0.25, -0.2) is 4.79 Å². The van der Waals surface area contributed by atoms with Gasteiger partial charge in [0.2, 0.25) is 0 Å². The van der Waals surface area contributed by atoms with E-state index < -0.39 is 11.4 Å². The topological polar surface area (TPSA) is 97.6 Å². The predicted octanol–water partition coefficient (Wildman–Crippen LogP) is 7.57. The van der Waals surface area contributed by atoms with Crippen LogP contribution in [0.3, 0.4) is 0 Å². The van der Waals surface area contributed by atoms with Crippen molar-refractivity contribution in [1.82, 2.24) is 0 Å². The Labute approximate surface area is 246 Å². The molecular weight excluding hydrogens is 516 g/mol. The summed E-state index contributed by atoms with van der Waals surface area (Å²) >= 11 is 0. The van der Waals surface area contributed by atoms with Crippen LogP contribution in [0.5, 0.6) is 0 Å². The first-order valence-electron chi connectivity index (χ1n) is 15.9. The van der Waals surface area contributed by atoms with Crippen molar-refractivity contribution >= 4 is 23.9 Å². The minimum absolute atomic E-state index is 0.0254. The minimum Gasteiger partial charge on any atom is -0.465 e. The van der Waals surface area contributed by atoms with Crippen LogP contribution in [-0.2, 0) is 19.2 Å². The number of oxime groups is 2.